The molecule has 2 nitrogen and oxygen atoms in total. The molecule has 0 atom stereocenters. The maximum absolute atomic E-state index is 13.3. The predicted octanol–water partition coefficient (Wildman–Crippen LogP) is 7.13. The minimum atomic E-state index is -0.202. The van der Waals surface area contributed by atoms with Gasteiger partial charge in [0, 0.05) is 17.5 Å². The lowest BCUT2D eigenvalue weighted by atomic mass is 10.1. The monoisotopic (exact) mass is 382 g/mol. The van der Waals surface area contributed by atoms with Gasteiger partial charge in [-0.1, -0.05) is 56.9 Å². The summed E-state index contributed by atoms with van der Waals surface area (Å²) < 4.78 is 13.3. The van der Waals surface area contributed by atoms with Gasteiger partial charge in [-0.3, -0.25) is 0 Å². The fraction of sp³-hybridized carbons (Fsp3) is 0.348. The minimum Gasteiger partial charge on any atom is -0.332 e. The standard InChI is InChI=1S/C23H27FN2S/c1-2-3-4-5-6-8-18-11-13-21(14-12-18)25-23-26-22(17-27-23)16-19-9-7-10-20(24)15-19/h7,9-15,17H,2-6,8,16H2,1H3,(H,25,26). The number of hydrogen-bond donors (Lipinski definition) is 1. The molecule has 0 aliphatic rings. The molecule has 1 aromatic heterocycles. The molecule has 3 rings (SSSR count). The SMILES string of the molecule is CCCCCCCc1ccc(Nc2nc(Cc3cccc(F)c3)cs2)cc1. The first-order valence-corrected chi connectivity index (χ1v) is 10.7. The van der Waals surface area contributed by atoms with Crippen molar-refractivity contribution in [1.82, 2.24) is 4.98 Å². The van der Waals surface area contributed by atoms with Gasteiger partial charge in [-0.15, -0.1) is 11.3 Å². The smallest absolute Gasteiger partial charge is 0.187 e. The molecule has 0 bridgehead atoms. The highest BCUT2D eigenvalue weighted by Crippen LogP contribution is 2.23. The van der Waals surface area contributed by atoms with Gasteiger partial charge in [-0.05, 0) is 48.2 Å². The van der Waals surface area contributed by atoms with Gasteiger partial charge in [0.15, 0.2) is 5.13 Å². The van der Waals surface area contributed by atoms with E-state index in [4.69, 9.17) is 0 Å². The van der Waals surface area contributed by atoms with Crippen LogP contribution in [0, 0.1) is 5.82 Å². The highest BCUT2D eigenvalue weighted by Gasteiger charge is 2.05. The summed E-state index contributed by atoms with van der Waals surface area (Å²) >= 11 is 1.58. The second-order valence-corrected chi connectivity index (χ2v) is 7.79. The Bertz CT molecular complexity index is 826. The number of rotatable bonds is 10. The van der Waals surface area contributed by atoms with Crippen LogP contribution in [-0.4, -0.2) is 4.98 Å². The van der Waals surface area contributed by atoms with Crippen LogP contribution in [0.25, 0.3) is 0 Å². The zero-order valence-corrected chi connectivity index (χ0v) is 16.7. The van der Waals surface area contributed by atoms with Crippen LogP contribution in [-0.2, 0) is 12.8 Å². The number of anilines is 2. The molecule has 0 fully saturated rings. The minimum absolute atomic E-state index is 0.202. The number of nitrogens with zero attached hydrogens (tertiary/aromatic N) is 1. The Balaban J connectivity index is 1.50. The third kappa shape index (κ3) is 6.47. The number of aryl methyl sites for hydroxylation is 1. The quantitative estimate of drug-likeness (QED) is 0.377. The summed E-state index contributed by atoms with van der Waals surface area (Å²) in [7, 11) is 0. The van der Waals surface area contributed by atoms with Crippen molar-refractivity contribution in [3.63, 3.8) is 0 Å². The number of hydrogen-bond acceptors (Lipinski definition) is 3. The fourth-order valence-corrected chi connectivity index (χ4v) is 3.84. The summed E-state index contributed by atoms with van der Waals surface area (Å²) in [6.07, 6.45) is 8.37. The van der Waals surface area contributed by atoms with Crippen molar-refractivity contribution in [2.24, 2.45) is 0 Å². The maximum atomic E-state index is 13.3. The molecule has 0 aliphatic heterocycles. The maximum Gasteiger partial charge on any atom is 0.187 e. The molecule has 3 aromatic rings. The molecule has 1 N–H and O–H groups in total. The van der Waals surface area contributed by atoms with Gasteiger partial charge >= 0.3 is 0 Å². The molecule has 0 saturated heterocycles. The van der Waals surface area contributed by atoms with Gasteiger partial charge in [0.05, 0.1) is 5.69 Å². The van der Waals surface area contributed by atoms with E-state index < -0.39 is 0 Å². The molecule has 0 amide bonds. The Morgan fingerprint density at radius 2 is 1.78 bits per heavy atom. The first-order chi connectivity index (χ1) is 13.2. The summed E-state index contributed by atoms with van der Waals surface area (Å²) in [5, 5.41) is 6.26. The van der Waals surface area contributed by atoms with Gasteiger partial charge in [0.1, 0.15) is 5.82 Å². The largest absolute Gasteiger partial charge is 0.332 e. The summed E-state index contributed by atoms with van der Waals surface area (Å²) in [4.78, 5) is 4.62. The summed E-state index contributed by atoms with van der Waals surface area (Å²) in [6, 6.07) is 15.3. The van der Waals surface area contributed by atoms with E-state index in [1.54, 1.807) is 23.5 Å². The van der Waals surface area contributed by atoms with Crippen molar-refractivity contribution in [3.8, 4) is 0 Å². The first-order valence-electron chi connectivity index (χ1n) is 9.78. The molecule has 0 radical (unpaired) electrons. The Labute approximate surface area is 165 Å². The van der Waals surface area contributed by atoms with Crippen LogP contribution in [0.1, 0.15) is 55.8 Å². The number of halogens is 1. The molecule has 1 heterocycles. The van der Waals surface area contributed by atoms with Crippen LogP contribution < -0.4 is 5.32 Å². The molecule has 27 heavy (non-hydrogen) atoms. The number of thiazole rings is 1. The topological polar surface area (TPSA) is 24.9 Å². The van der Waals surface area contributed by atoms with E-state index in [0.717, 1.165) is 28.5 Å². The lowest BCUT2D eigenvalue weighted by molar-refractivity contribution is 0.626. The predicted molar refractivity (Wildman–Crippen MR) is 114 cm³/mol. The lowest BCUT2D eigenvalue weighted by Gasteiger charge is -2.05. The first kappa shape index (κ1) is 19.6. The molecular formula is C23H27FN2S. The summed E-state index contributed by atoms with van der Waals surface area (Å²) in [5.41, 5.74) is 4.34. The average Bonchev–Trinajstić information content (AvgIpc) is 3.10. The average molecular weight is 383 g/mol. The van der Waals surface area contributed by atoms with E-state index in [9.17, 15) is 4.39 Å². The van der Waals surface area contributed by atoms with Crippen molar-refractivity contribution in [3.05, 3.63) is 76.5 Å². The highest BCUT2D eigenvalue weighted by molar-refractivity contribution is 7.13. The van der Waals surface area contributed by atoms with Crippen LogP contribution in [0.15, 0.2) is 53.9 Å². The molecule has 4 heteroatoms. The van der Waals surface area contributed by atoms with Crippen LogP contribution in [0.4, 0.5) is 15.2 Å². The van der Waals surface area contributed by atoms with Gasteiger partial charge in [-0.25, -0.2) is 9.37 Å². The molecule has 2 aromatic carbocycles. The van der Waals surface area contributed by atoms with Crippen molar-refractivity contribution < 1.29 is 4.39 Å². The molecular weight excluding hydrogens is 355 g/mol. The third-order valence-corrected chi connectivity index (χ3v) is 5.41. The number of benzene rings is 2. The second-order valence-electron chi connectivity index (χ2n) is 6.94. The van der Waals surface area contributed by atoms with Crippen LogP contribution >= 0.6 is 11.3 Å². The number of aromatic nitrogens is 1. The lowest BCUT2D eigenvalue weighted by Crippen LogP contribution is -1.93. The third-order valence-electron chi connectivity index (χ3n) is 4.60. The number of unbranched alkanes of at least 4 members (excludes halogenated alkanes) is 4. The molecule has 142 valence electrons. The van der Waals surface area contributed by atoms with Gasteiger partial charge < -0.3 is 5.32 Å². The van der Waals surface area contributed by atoms with Crippen molar-refractivity contribution >= 4 is 22.2 Å². The molecule has 0 spiro atoms. The van der Waals surface area contributed by atoms with Gasteiger partial charge in [0.2, 0.25) is 0 Å². The normalized spacial score (nSPS) is 10.9. The van der Waals surface area contributed by atoms with E-state index in [1.807, 2.05) is 11.4 Å². The molecule has 0 unspecified atom stereocenters. The van der Waals surface area contributed by atoms with Crippen LogP contribution in [0.2, 0.25) is 0 Å². The number of nitrogens with one attached hydrogen (secondary N) is 1. The van der Waals surface area contributed by atoms with E-state index in [-0.39, 0.29) is 5.82 Å². The molecule has 0 aliphatic carbocycles. The zero-order chi connectivity index (χ0) is 18.9. The van der Waals surface area contributed by atoms with Crippen molar-refractivity contribution in [2.75, 3.05) is 5.32 Å². The highest BCUT2D eigenvalue weighted by atomic mass is 32.1. The van der Waals surface area contributed by atoms with Crippen LogP contribution in [0.5, 0.6) is 0 Å². The van der Waals surface area contributed by atoms with E-state index in [0.29, 0.717) is 6.42 Å². The van der Waals surface area contributed by atoms with Crippen molar-refractivity contribution in [1.29, 1.82) is 0 Å². The van der Waals surface area contributed by atoms with Crippen molar-refractivity contribution in [2.45, 2.75) is 51.9 Å². The molecule has 0 saturated carbocycles. The Morgan fingerprint density at radius 3 is 2.56 bits per heavy atom. The van der Waals surface area contributed by atoms with Crippen LogP contribution in [0.3, 0.4) is 0 Å². The fourth-order valence-electron chi connectivity index (χ4n) is 3.11. The van der Waals surface area contributed by atoms with E-state index >= 15 is 0 Å². The van der Waals surface area contributed by atoms with E-state index in [1.165, 1.54) is 43.7 Å². The Kier molecular flexibility index (Phi) is 7.40. The van der Waals surface area contributed by atoms with E-state index in [2.05, 4.69) is 41.5 Å². The van der Waals surface area contributed by atoms with Gasteiger partial charge in [-0.2, -0.15) is 0 Å². The second kappa shape index (κ2) is 10.2. The summed E-state index contributed by atoms with van der Waals surface area (Å²) in [5.74, 6) is -0.202. The zero-order valence-electron chi connectivity index (χ0n) is 15.9. The summed E-state index contributed by atoms with van der Waals surface area (Å²) in [6.45, 7) is 2.25. The van der Waals surface area contributed by atoms with Gasteiger partial charge in [0.25, 0.3) is 0 Å². The Hall–Kier alpha value is -2.20. The Morgan fingerprint density at radius 1 is 0.963 bits per heavy atom.